The fourth-order valence-electron chi connectivity index (χ4n) is 4.04. The summed E-state index contributed by atoms with van der Waals surface area (Å²) in [4.78, 5) is 39.2. The second-order valence-electron chi connectivity index (χ2n) is 7.66. The molecule has 1 aliphatic rings. The molecule has 0 spiro atoms. The second kappa shape index (κ2) is 8.22. The Morgan fingerprint density at radius 1 is 1.00 bits per heavy atom. The van der Waals surface area contributed by atoms with E-state index < -0.39 is 17.2 Å². The average Bonchev–Trinajstić information content (AvgIpc) is 2.81. The number of nitrogens with one attached hydrogen (secondary N) is 2. The molecular formula is C24H24N4O4. The molecule has 0 aliphatic carbocycles. The predicted molar refractivity (Wildman–Crippen MR) is 123 cm³/mol. The molecule has 1 amide bonds. The second-order valence-corrected chi connectivity index (χ2v) is 7.66. The van der Waals surface area contributed by atoms with Crippen LogP contribution in [0.5, 0.6) is 5.75 Å². The van der Waals surface area contributed by atoms with Gasteiger partial charge >= 0.3 is 5.69 Å². The van der Waals surface area contributed by atoms with E-state index in [0.29, 0.717) is 34.1 Å². The highest BCUT2D eigenvalue weighted by Crippen LogP contribution is 2.40. The lowest BCUT2D eigenvalue weighted by molar-refractivity contribution is -0.113. The number of para-hydroxylation sites is 1. The van der Waals surface area contributed by atoms with Crippen molar-refractivity contribution in [2.24, 2.45) is 14.1 Å². The summed E-state index contributed by atoms with van der Waals surface area (Å²) in [5.41, 5.74) is 1.79. The number of allylic oxidation sites excluding steroid dienone is 1. The third-order valence-corrected chi connectivity index (χ3v) is 5.71. The lowest BCUT2D eigenvalue weighted by Crippen LogP contribution is -2.43. The van der Waals surface area contributed by atoms with Crippen molar-refractivity contribution in [2.75, 3.05) is 17.7 Å². The number of methoxy groups -OCH3 is 1. The molecule has 0 fully saturated rings. The van der Waals surface area contributed by atoms with Gasteiger partial charge in [-0.1, -0.05) is 30.3 Å². The van der Waals surface area contributed by atoms with Crippen molar-refractivity contribution in [3.63, 3.8) is 0 Å². The number of ether oxygens (including phenoxy) is 1. The van der Waals surface area contributed by atoms with Gasteiger partial charge in [-0.25, -0.2) is 4.79 Å². The molecule has 0 saturated carbocycles. The zero-order valence-corrected chi connectivity index (χ0v) is 18.3. The minimum Gasteiger partial charge on any atom is -0.497 e. The van der Waals surface area contributed by atoms with Crippen molar-refractivity contribution in [2.45, 2.75) is 12.8 Å². The molecular weight excluding hydrogens is 408 g/mol. The van der Waals surface area contributed by atoms with Gasteiger partial charge in [-0.2, -0.15) is 0 Å². The summed E-state index contributed by atoms with van der Waals surface area (Å²) in [5.74, 6) is 0.0369. The smallest absolute Gasteiger partial charge is 0.332 e. The molecule has 8 nitrogen and oxygen atoms in total. The van der Waals surface area contributed by atoms with Crippen molar-refractivity contribution < 1.29 is 9.53 Å². The zero-order valence-electron chi connectivity index (χ0n) is 18.3. The Balaban J connectivity index is 1.93. The number of benzene rings is 2. The molecule has 3 aromatic rings. The van der Waals surface area contributed by atoms with Gasteiger partial charge in [-0.3, -0.25) is 18.7 Å². The van der Waals surface area contributed by atoms with Crippen molar-refractivity contribution >= 4 is 17.4 Å². The Hall–Kier alpha value is -4.07. The first-order valence-corrected chi connectivity index (χ1v) is 10.1. The topological polar surface area (TPSA) is 94.4 Å². The van der Waals surface area contributed by atoms with Gasteiger partial charge in [-0.15, -0.1) is 0 Å². The van der Waals surface area contributed by atoms with Crippen LogP contribution in [0, 0.1) is 0 Å². The maximum absolute atomic E-state index is 13.4. The fourth-order valence-corrected chi connectivity index (χ4v) is 4.04. The molecule has 2 heterocycles. The molecule has 2 N–H and O–H groups in total. The third kappa shape index (κ3) is 3.49. The van der Waals surface area contributed by atoms with Gasteiger partial charge in [0.2, 0.25) is 0 Å². The quantitative estimate of drug-likeness (QED) is 0.661. The van der Waals surface area contributed by atoms with Gasteiger partial charge in [0.15, 0.2) is 0 Å². The molecule has 164 valence electrons. The first-order valence-electron chi connectivity index (χ1n) is 10.1. The van der Waals surface area contributed by atoms with E-state index >= 15 is 0 Å². The molecule has 4 rings (SSSR count). The van der Waals surface area contributed by atoms with Crippen LogP contribution < -0.4 is 26.6 Å². The largest absolute Gasteiger partial charge is 0.497 e. The number of carbonyl (C=O) groups excluding carboxylic acids is 1. The van der Waals surface area contributed by atoms with Gasteiger partial charge in [0.1, 0.15) is 11.6 Å². The number of aromatic nitrogens is 2. The Kier molecular flexibility index (Phi) is 5.44. The van der Waals surface area contributed by atoms with E-state index in [4.69, 9.17) is 4.74 Å². The molecule has 2 aromatic carbocycles. The van der Waals surface area contributed by atoms with Crippen LogP contribution in [0.3, 0.4) is 0 Å². The molecule has 8 heteroatoms. The highest BCUT2D eigenvalue weighted by molar-refractivity contribution is 6.07. The van der Waals surface area contributed by atoms with Crippen LogP contribution in [-0.4, -0.2) is 22.2 Å². The summed E-state index contributed by atoms with van der Waals surface area (Å²) in [6, 6.07) is 16.3. The molecule has 0 saturated heterocycles. The summed E-state index contributed by atoms with van der Waals surface area (Å²) in [6.07, 6.45) is 0. The highest BCUT2D eigenvalue weighted by atomic mass is 16.5. The Morgan fingerprint density at radius 3 is 2.28 bits per heavy atom. The lowest BCUT2D eigenvalue weighted by Gasteiger charge is -2.31. The van der Waals surface area contributed by atoms with E-state index in [1.165, 1.54) is 11.6 Å². The van der Waals surface area contributed by atoms with Crippen molar-refractivity contribution in [1.29, 1.82) is 0 Å². The van der Waals surface area contributed by atoms with Crippen molar-refractivity contribution in [1.82, 2.24) is 9.13 Å². The number of amides is 1. The van der Waals surface area contributed by atoms with E-state index in [1.54, 1.807) is 45.3 Å². The van der Waals surface area contributed by atoms with Crippen molar-refractivity contribution in [3.05, 3.63) is 97.8 Å². The minimum atomic E-state index is -0.675. The highest BCUT2D eigenvalue weighted by Gasteiger charge is 2.36. The van der Waals surface area contributed by atoms with E-state index in [9.17, 15) is 14.4 Å². The maximum Gasteiger partial charge on any atom is 0.332 e. The number of carbonyl (C=O) groups is 1. The van der Waals surface area contributed by atoms with Gasteiger partial charge in [0.25, 0.3) is 11.5 Å². The molecule has 0 unspecified atom stereocenters. The van der Waals surface area contributed by atoms with Crippen LogP contribution in [0.15, 0.2) is 75.5 Å². The first kappa shape index (κ1) is 21.2. The summed E-state index contributed by atoms with van der Waals surface area (Å²) in [7, 11) is 4.61. The van der Waals surface area contributed by atoms with Crippen LogP contribution in [0.4, 0.5) is 11.5 Å². The predicted octanol–water partition coefficient (Wildman–Crippen LogP) is 2.56. The van der Waals surface area contributed by atoms with E-state index in [1.807, 2.05) is 30.3 Å². The fraction of sp³-hybridized carbons (Fsp3) is 0.208. The summed E-state index contributed by atoms with van der Waals surface area (Å²) < 4.78 is 7.71. The normalized spacial score (nSPS) is 15.1. The number of rotatable bonds is 4. The molecule has 32 heavy (non-hydrogen) atoms. The molecule has 0 bridgehead atoms. The number of anilines is 2. The van der Waals surface area contributed by atoms with E-state index in [-0.39, 0.29) is 5.91 Å². The molecule has 0 radical (unpaired) electrons. The average molecular weight is 432 g/mol. The summed E-state index contributed by atoms with van der Waals surface area (Å²) in [6.45, 7) is 1.77. The standard InChI is InChI=1S/C24H24N4O4/c1-14-18(22(29)26-16-8-6-5-7-9-16)19(15-10-12-17(32-4)13-11-15)20-21(25-14)27(2)24(31)28(3)23(20)30/h5-13,19,25H,1-4H3,(H,26,29)/t19-/m1/s1. The Labute approximate surface area is 184 Å². The van der Waals surface area contributed by atoms with Crippen LogP contribution in [-0.2, 0) is 18.9 Å². The molecule has 1 aliphatic heterocycles. The third-order valence-electron chi connectivity index (χ3n) is 5.71. The number of nitrogens with zero attached hydrogens (tertiary/aromatic N) is 2. The Bertz CT molecular complexity index is 1340. The van der Waals surface area contributed by atoms with Crippen molar-refractivity contribution in [3.8, 4) is 5.75 Å². The molecule has 1 aromatic heterocycles. The van der Waals surface area contributed by atoms with Crippen LogP contribution in [0.2, 0.25) is 0 Å². The number of hydrogen-bond donors (Lipinski definition) is 2. The number of hydrogen-bond acceptors (Lipinski definition) is 5. The summed E-state index contributed by atoms with van der Waals surface area (Å²) >= 11 is 0. The first-order chi connectivity index (χ1) is 15.3. The van der Waals surface area contributed by atoms with Crippen LogP contribution >= 0.6 is 0 Å². The monoisotopic (exact) mass is 432 g/mol. The maximum atomic E-state index is 13.4. The van der Waals surface area contributed by atoms with Gasteiger partial charge in [0.05, 0.1) is 18.6 Å². The van der Waals surface area contributed by atoms with Gasteiger partial charge < -0.3 is 15.4 Å². The van der Waals surface area contributed by atoms with E-state index in [2.05, 4.69) is 10.6 Å². The minimum absolute atomic E-state index is 0.330. The zero-order chi connectivity index (χ0) is 23.0. The number of fused-ring (bicyclic) bond motifs is 1. The van der Waals surface area contributed by atoms with Gasteiger partial charge in [-0.05, 0) is 36.8 Å². The summed E-state index contributed by atoms with van der Waals surface area (Å²) in [5, 5.41) is 6.04. The Morgan fingerprint density at radius 2 is 1.66 bits per heavy atom. The lowest BCUT2D eigenvalue weighted by atomic mass is 9.81. The SMILES string of the molecule is COc1ccc([C@@H]2C(C(=O)Nc3ccccc3)=C(C)Nc3c2c(=O)n(C)c(=O)n3C)cc1. The van der Waals surface area contributed by atoms with Crippen LogP contribution in [0.25, 0.3) is 0 Å². The van der Waals surface area contributed by atoms with Gasteiger partial charge in [0, 0.05) is 31.1 Å². The van der Waals surface area contributed by atoms with Crippen LogP contribution in [0.1, 0.15) is 24.0 Å². The molecule has 1 atom stereocenters. The van der Waals surface area contributed by atoms with E-state index in [0.717, 1.165) is 10.1 Å².